The van der Waals surface area contributed by atoms with Crippen molar-refractivity contribution in [3.05, 3.63) is 64.8 Å². The maximum absolute atomic E-state index is 11.3. The molecule has 0 saturated heterocycles. The number of pyridine rings is 1. The summed E-state index contributed by atoms with van der Waals surface area (Å²) < 4.78 is 0. The van der Waals surface area contributed by atoms with E-state index in [-0.39, 0.29) is 11.6 Å². The van der Waals surface area contributed by atoms with Crippen LogP contribution in [0.5, 0.6) is 0 Å². The molecule has 0 saturated carbocycles. The summed E-state index contributed by atoms with van der Waals surface area (Å²) in [4.78, 5) is 26.3. The number of nitro benzene ring substituents is 1. The van der Waals surface area contributed by atoms with Gasteiger partial charge in [0.25, 0.3) is 5.69 Å². The molecular formula is C17H14N4O3. The van der Waals surface area contributed by atoms with E-state index in [0.717, 1.165) is 5.39 Å². The van der Waals surface area contributed by atoms with Gasteiger partial charge in [-0.25, -0.2) is 4.98 Å². The Kier molecular flexibility index (Phi) is 4.07. The molecule has 0 bridgehead atoms. The lowest BCUT2D eigenvalue weighted by molar-refractivity contribution is -0.383. The minimum atomic E-state index is -0.428. The molecule has 0 unspecified atom stereocenters. The number of aromatic nitrogens is 1. The summed E-state index contributed by atoms with van der Waals surface area (Å²) in [5, 5.41) is 18.2. The van der Waals surface area contributed by atoms with Crippen LogP contribution in [0, 0.1) is 10.1 Å². The summed E-state index contributed by atoms with van der Waals surface area (Å²) in [6.45, 7) is 1.43. The fourth-order valence-electron chi connectivity index (χ4n) is 2.47. The zero-order valence-corrected chi connectivity index (χ0v) is 12.8. The minimum Gasteiger partial charge on any atom is -0.339 e. The number of anilines is 3. The monoisotopic (exact) mass is 322 g/mol. The molecule has 7 nitrogen and oxygen atoms in total. The van der Waals surface area contributed by atoms with Gasteiger partial charge in [0.2, 0.25) is 5.91 Å². The van der Waals surface area contributed by atoms with Crippen LogP contribution in [0.1, 0.15) is 6.92 Å². The Morgan fingerprint density at radius 1 is 1.12 bits per heavy atom. The van der Waals surface area contributed by atoms with Gasteiger partial charge in [-0.3, -0.25) is 14.9 Å². The highest BCUT2D eigenvalue weighted by molar-refractivity contribution is 6.00. The Bertz CT molecular complexity index is 935. The first-order valence-electron chi connectivity index (χ1n) is 7.21. The Balaban J connectivity index is 2.04. The van der Waals surface area contributed by atoms with Crippen LogP contribution in [0.4, 0.5) is 22.9 Å². The molecule has 0 fully saturated rings. The average molecular weight is 322 g/mol. The number of nitro groups is 1. The highest BCUT2D eigenvalue weighted by Gasteiger charge is 2.16. The molecule has 1 heterocycles. The molecule has 24 heavy (non-hydrogen) atoms. The first kappa shape index (κ1) is 15.4. The molecule has 2 aromatic carbocycles. The van der Waals surface area contributed by atoms with Crippen molar-refractivity contribution in [2.75, 3.05) is 10.6 Å². The molecule has 0 radical (unpaired) electrons. The number of amides is 1. The molecule has 0 aliphatic heterocycles. The Morgan fingerprint density at radius 3 is 2.62 bits per heavy atom. The van der Waals surface area contributed by atoms with Crippen molar-refractivity contribution < 1.29 is 9.72 Å². The number of nitrogens with one attached hydrogen (secondary N) is 2. The van der Waals surface area contributed by atoms with Gasteiger partial charge in [0.1, 0.15) is 11.2 Å². The average Bonchev–Trinajstić information content (AvgIpc) is 2.54. The van der Waals surface area contributed by atoms with E-state index in [1.165, 1.54) is 13.0 Å². The summed E-state index contributed by atoms with van der Waals surface area (Å²) in [5.41, 5.74) is 1.28. The van der Waals surface area contributed by atoms with Crippen LogP contribution in [-0.2, 0) is 4.79 Å². The van der Waals surface area contributed by atoms with Crippen LogP contribution >= 0.6 is 0 Å². The largest absolute Gasteiger partial charge is 0.339 e. The number of benzene rings is 2. The third kappa shape index (κ3) is 3.14. The minimum absolute atomic E-state index is 0.0129. The summed E-state index contributed by atoms with van der Waals surface area (Å²) in [6.07, 6.45) is 1.59. The fraction of sp³-hybridized carbons (Fsp3) is 0.0588. The summed E-state index contributed by atoms with van der Waals surface area (Å²) in [5.74, 6) is 0.214. The summed E-state index contributed by atoms with van der Waals surface area (Å²) in [7, 11) is 0. The van der Waals surface area contributed by atoms with Gasteiger partial charge >= 0.3 is 0 Å². The molecule has 0 spiro atoms. The number of nitrogens with zero attached hydrogens (tertiary/aromatic N) is 2. The van der Waals surface area contributed by atoms with E-state index in [0.29, 0.717) is 22.6 Å². The van der Waals surface area contributed by atoms with Crippen LogP contribution < -0.4 is 10.6 Å². The third-order valence-corrected chi connectivity index (χ3v) is 3.41. The fourth-order valence-corrected chi connectivity index (χ4v) is 2.47. The third-order valence-electron chi connectivity index (χ3n) is 3.41. The van der Waals surface area contributed by atoms with Crippen LogP contribution in [0.25, 0.3) is 10.8 Å². The standard InChI is InChI=1S/C17H14N4O3/c1-11(22)19-13-5-3-6-14(10-13)20-17-16-12(8-9-18-17)4-2-7-15(16)21(23)24/h2-10H,1H3,(H,18,20)(H,19,22). The maximum Gasteiger partial charge on any atom is 0.280 e. The van der Waals surface area contributed by atoms with Gasteiger partial charge in [-0.15, -0.1) is 0 Å². The Hall–Kier alpha value is -3.48. The molecule has 120 valence electrons. The van der Waals surface area contributed by atoms with Gasteiger partial charge < -0.3 is 10.6 Å². The normalized spacial score (nSPS) is 10.4. The van der Waals surface area contributed by atoms with Crippen molar-refractivity contribution >= 4 is 39.6 Å². The molecule has 0 aliphatic rings. The summed E-state index contributed by atoms with van der Waals surface area (Å²) >= 11 is 0. The van der Waals surface area contributed by atoms with Gasteiger partial charge in [-0.05, 0) is 29.7 Å². The van der Waals surface area contributed by atoms with E-state index >= 15 is 0 Å². The number of rotatable bonds is 4. The number of non-ortho nitro benzene ring substituents is 1. The van der Waals surface area contributed by atoms with E-state index in [2.05, 4.69) is 15.6 Å². The van der Waals surface area contributed by atoms with E-state index < -0.39 is 4.92 Å². The second kappa shape index (κ2) is 6.33. The highest BCUT2D eigenvalue weighted by atomic mass is 16.6. The first-order chi connectivity index (χ1) is 11.5. The van der Waals surface area contributed by atoms with Crippen LogP contribution in [-0.4, -0.2) is 15.8 Å². The van der Waals surface area contributed by atoms with Gasteiger partial charge in [0, 0.05) is 30.6 Å². The van der Waals surface area contributed by atoms with Crippen LogP contribution in [0.3, 0.4) is 0 Å². The van der Waals surface area contributed by atoms with Gasteiger partial charge in [0.05, 0.1) is 4.92 Å². The molecule has 3 aromatic rings. The molecule has 0 aliphatic carbocycles. The van der Waals surface area contributed by atoms with E-state index in [1.54, 1.807) is 48.7 Å². The maximum atomic E-state index is 11.3. The molecule has 3 rings (SSSR count). The number of hydrogen-bond donors (Lipinski definition) is 2. The van der Waals surface area contributed by atoms with Gasteiger partial charge in [-0.2, -0.15) is 0 Å². The second-order valence-corrected chi connectivity index (χ2v) is 5.18. The number of carbonyl (C=O) groups excluding carboxylic acids is 1. The van der Waals surface area contributed by atoms with Crippen molar-refractivity contribution in [2.24, 2.45) is 0 Å². The topological polar surface area (TPSA) is 97.2 Å². The van der Waals surface area contributed by atoms with Crippen LogP contribution in [0.15, 0.2) is 54.7 Å². The van der Waals surface area contributed by atoms with Crippen molar-refractivity contribution in [1.82, 2.24) is 4.98 Å². The zero-order valence-electron chi connectivity index (χ0n) is 12.8. The van der Waals surface area contributed by atoms with Crippen LogP contribution in [0.2, 0.25) is 0 Å². The number of hydrogen-bond acceptors (Lipinski definition) is 5. The molecule has 0 atom stereocenters. The van der Waals surface area contributed by atoms with Gasteiger partial charge in [-0.1, -0.05) is 18.2 Å². The molecule has 7 heteroatoms. The Morgan fingerprint density at radius 2 is 1.88 bits per heavy atom. The lowest BCUT2D eigenvalue weighted by atomic mass is 10.1. The zero-order chi connectivity index (χ0) is 17.1. The quantitative estimate of drug-likeness (QED) is 0.562. The van der Waals surface area contributed by atoms with Crippen molar-refractivity contribution in [3.63, 3.8) is 0 Å². The molecular weight excluding hydrogens is 308 g/mol. The van der Waals surface area contributed by atoms with E-state index in [4.69, 9.17) is 0 Å². The Labute approximate surface area is 137 Å². The second-order valence-electron chi connectivity index (χ2n) is 5.18. The van der Waals surface area contributed by atoms with Crippen molar-refractivity contribution in [3.8, 4) is 0 Å². The predicted molar refractivity (Wildman–Crippen MR) is 92.4 cm³/mol. The highest BCUT2D eigenvalue weighted by Crippen LogP contribution is 2.32. The lowest BCUT2D eigenvalue weighted by Crippen LogP contribution is -2.06. The molecule has 2 N–H and O–H groups in total. The SMILES string of the molecule is CC(=O)Nc1cccc(Nc2nccc3cccc([N+](=O)[O-])c23)c1. The molecule has 1 amide bonds. The first-order valence-corrected chi connectivity index (χ1v) is 7.21. The summed E-state index contributed by atoms with van der Waals surface area (Å²) in [6, 6.07) is 13.7. The van der Waals surface area contributed by atoms with Crippen molar-refractivity contribution in [1.29, 1.82) is 0 Å². The molecule has 1 aromatic heterocycles. The smallest absolute Gasteiger partial charge is 0.280 e. The van der Waals surface area contributed by atoms with Crippen molar-refractivity contribution in [2.45, 2.75) is 6.92 Å². The van der Waals surface area contributed by atoms with E-state index in [1.807, 2.05) is 0 Å². The number of carbonyl (C=O) groups is 1. The van der Waals surface area contributed by atoms with Gasteiger partial charge in [0.15, 0.2) is 0 Å². The number of fused-ring (bicyclic) bond motifs is 1. The van der Waals surface area contributed by atoms with E-state index in [9.17, 15) is 14.9 Å². The lowest BCUT2D eigenvalue weighted by Gasteiger charge is -2.10. The predicted octanol–water partition coefficient (Wildman–Crippen LogP) is 3.85.